The fraction of sp³-hybridized carbons (Fsp3) is 0.538. The molecule has 5 heteroatoms. The molecule has 0 aliphatic heterocycles. The van der Waals surface area contributed by atoms with Crippen molar-refractivity contribution >= 4 is 23.2 Å². The Morgan fingerprint density at radius 1 is 1.28 bits per heavy atom. The average molecular weight is 291 g/mol. The van der Waals surface area contributed by atoms with Crippen LogP contribution in [0.5, 0.6) is 0 Å². The van der Waals surface area contributed by atoms with E-state index in [0.29, 0.717) is 10.0 Å². The lowest BCUT2D eigenvalue weighted by molar-refractivity contribution is -0.0486. The maximum Gasteiger partial charge on any atom is 0.0880 e. The number of hydrogen-bond acceptors (Lipinski definition) is 3. The highest BCUT2D eigenvalue weighted by Crippen LogP contribution is 2.36. The number of ether oxygens (including phenoxy) is 1. The molecule has 1 aromatic rings. The van der Waals surface area contributed by atoms with Gasteiger partial charge >= 0.3 is 0 Å². The van der Waals surface area contributed by atoms with Crippen LogP contribution in [0.2, 0.25) is 10.0 Å². The Bertz CT molecular complexity index is 386. The van der Waals surface area contributed by atoms with Gasteiger partial charge in [0.25, 0.3) is 0 Å². The molecule has 1 rings (SSSR count). The second kappa shape index (κ2) is 6.73. The van der Waals surface area contributed by atoms with Gasteiger partial charge in [0.05, 0.1) is 21.7 Å². The minimum Gasteiger partial charge on any atom is -0.376 e. The van der Waals surface area contributed by atoms with Crippen molar-refractivity contribution in [3.05, 3.63) is 33.8 Å². The molecule has 102 valence electrons. The van der Waals surface area contributed by atoms with Crippen molar-refractivity contribution in [1.82, 2.24) is 5.43 Å². The van der Waals surface area contributed by atoms with Crippen molar-refractivity contribution in [1.29, 1.82) is 0 Å². The third-order valence-electron chi connectivity index (χ3n) is 3.57. The molecule has 0 amide bonds. The van der Waals surface area contributed by atoms with Gasteiger partial charge in [-0.05, 0) is 30.5 Å². The third kappa shape index (κ3) is 2.98. The Morgan fingerprint density at radius 2 is 1.89 bits per heavy atom. The van der Waals surface area contributed by atoms with Crippen LogP contribution in [0, 0.1) is 0 Å². The van der Waals surface area contributed by atoms with Crippen molar-refractivity contribution < 1.29 is 4.74 Å². The van der Waals surface area contributed by atoms with E-state index in [1.165, 1.54) is 0 Å². The molecular formula is C13H20Cl2N2O. The predicted molar refractivity (Wildman–Crippen MR) is 76.8 cm³/mol. The van der Waals surface area contributed by atoms with Gasteiger partial charge < -0.3 is 4.74 Å². The van der Waals surface area contributed by atoms with E-state index in [4.69, 9.17) is 33.8 Å². The first-order valence-corrected chi connectivity index (χ1v) is 6.76. The molecule has 0 saturated heterocycles. The van der Waals surface area contributed by atoms with Crippen LogP contribution >= 0.6 is 23.2 Å². The Balaban J connectivity index is 3.19. The standard InChI is InChI=1S/C13H20Cl2N2O/c1-4-13(5-2,18-3)12(17-16)9-6-7-10(14)11(15)8-9/h6-8,12,17H,4-5,16H2,1-3H3. The maximum atomic E-state index is 6.05. The molecule has 18 heavy (non-hydrogen) atoms. The van der Waals surface area contributed by atoms with Crippen LogP contribution in [0.25, 0.3) is 0 Å². The van der Waals surface area contributed by atoms with Crippen molar-refractivity contribution in [2.45, 2.75) is 38.3 Å². The largest absolute Gasteiger partial charge is 0.376 e. The molecule has 0 heterocycles. The third-order valence-corrected chi connectivity index (χ3v) is 4.31. The summed E-state index contributed by atoms with van der Waals surface area (Å²) in [7, 11) is 1.70. The molecule has 3 nitrogen and oxygen atoms in total. The quantitative estimate of drug-likeness (QED) is 0.620. The van der Waals surface area contributed by atoms with E-state index in [9.17, 15) is 0 Å². The summed E-state index contributed by atoms with van der Waals surface area (Å²) in [5.41, 5.74) is 3.45. The predicted octanol–water partition coefficient (Wildman–Crippen LogP) is 3.70. The Kier molecular flexibility index (Phi) is 5.89. The minimum atomic E-state index is -0.355. The van der Waals surface area contributed by atoms with E-state index in [1.807, 2.05) is 12.1 Å². The van der Waals surface area contributed by atoms with Crippen LogP contribution < -0.4 is 11.3 Å². The van der Waals surface area contributed by atoms with Crippen LogP contribution in [-0.4, -0.2) is 12.7 Å². The highest BCUT2D eigenvalue weighted by Gasteiger charge is 2.36. The average Bonchev–Trinajstić information content (AvgIpc) is 2.40. The number of hydrogen-bond donors (Lipinski definition) is 2. The molecule has 1 unspecified atom stereocenters. The van der Waals surface area contributed by atoms with Crippen LogP contribution in [0.3, 0.4) is 0 Å². The molecule has 1 aromatic carbocycles. The Labute approximate surface area is 119 Å². The zero-order valence-electron chi connectivity index (χ0n) is 11.0. The second-order valence-electron chi connectivity index (χ2n) is 4.25. The van der Waals surface area contributed by atoms with E-state index in [-0.39, 0.29) is 11.6 Å². The van der Waals surface area contributed by atoms with Crippen LogP contribution in [0.1, 0.15) is 38.3 Å². The number of rotatable bonds is 6. The summed E-state index contributed by atoms with van der Waals surface area (Å²) >= 11 is 12.0. The summed E-state index contributed by atoms with van der Waals surface area (Å²) < 4.78 is 5.70. The lowest BCUT2D eigenvalue weighted by atomic mass is 9.84. The molecule has 0 fully saturated rings. The highest BCUT2D eigenvalue weighted by molar-refractivity contribution is 6.42. The van der Waals surface area contributed by atoms with Gasteiger partial charge in [-0.3, -0.25) is 11.3 Å². The number of nitrogens with two attached hydrogens (primary N) is 1. The lowest BCUT2D eigenvalue weighted by Gasteiger charge is -2.38. The van der Waals surface area contributed by atoms with Gasteiger partial charge in [0.1, 0.15) is 0 Å². The first-order chi connectivity index (χ1) is 8.54. The van der Waals surface area contributed by atoms with E-state index < -0.39 is 0 Å². The zero-order valence-corrected chi connectivity index (χ0v) is 12.5. The summed E-state index contributed by atoms with van der Waals surface area (Å²) in [6, 6.07) is 5.38. The fourth-order valence-electron chi connectivity index (χ4n) is 2.31. The van der Waals surface area contributed by atoms with Gasteiger partial charge in [-0.1, -0.05) is 43.1 Å². The van der Waals surface area contributed by atoms with Gasteiger partial charge in [-0.15, -0.1) is 0 Å². The maximum absolute atomic E-state index is 6.05. The summed E-state index contributed by atoms with van der Waals surface area (Å²) in [6.45, 7) is 4.16. The molecule has 0 spiro atoms. The molecular weight excluding hydrogens is 271 g/mol. The van der Waals surface area contributed by atoms with E-state index >= 15 is 0 Å². The number of hydrazine groups is 1. The SMILES string of the molecule is CCC(CC)(OC)C(NN)c1ccc(Cl)c(Cl)c1. The summed E-state index contributed by atoms with van der Waals surface area (Å²) in [5.74, 6) is 5.70. The topological polar surface area (TPSA) is 47.3 Å². The van der Waals surface area contributed by atoms with Crippen molar-refractivity contribution in [3.8, 4) is 0 Å². The first-order valence-electron chi connectivity index (χ1n) is 6.00. The molecule has 1 atom stereocenters. The Hall–Kier alpha value is -0.320. The smallest absolute Gasteiger partial charge is 0.0880 e. The normalized spacial score (nSPS) is 13.7. The van der Waals surface area contributed by atoms with Crippen LogP contribution in [-0.2, 0) is 4.74 Å². The van der Waals surface area contributed by atoms with E-state index in [2.05, 4.69) is 19.3 Å². The van der Waals surface area contributed by atoms with Crippen molar-refractivity contribution in [3.63, 3.8) is 0 Å². The molecule has 3 N–H and O–H groups in total. The van der Waals surface area contributed by atoms with Crippen molar-refractivity contribution in [2.24, 2.45) is 5.84 Å². The number of halogens is 2. The molecule has 0 aliphatic carbocycles. The monoisotopic (exact) mass is 290 g/mol. The summed E-state index contributed by atoms with van der Waals surface area (Å²) in [4.78, 5) is 0. The van der Waals surface area contributed by atoms with Crippen LogP contribution in [0.4, 0.5) is 0 Å². The molecule has 0 saturated carbocycles. The summed E-state index contributed by atoms with van der Waals surface area (Å²) in [5, 5.41) is 1.05. The molecule has 0 radical (unpaired) electrons. The number of methoxy groups -OCH3 is 1. The van der Waals surface area contributed by atoms with Crippen LogP contribution in [0.15, 0.2) is 18.2 Å². The van der Waals surface area contributed by atoms with Crippen molar-refractivity contribution in [2.75, 3.05) is 7.11 Å². The highest BCUT2D eigenvalue weighted by atomic mass is 35.5. The fourth-order valence-corrected chi connectivity index (χ4v) is 2.62. The lowest BCUT2D eigenvalue weighted by Crippen LogP contribution is -2.47. The summed E-state index contributed by atoms with van der Waals surface area (Å²) in [6.07, 6.45) is 1.68. The van der Waals surface area contributed by atoms with Gasteiger partial charge in [-0.25, -0.2) is 0 Å². The van der Waals surface area contributed by atoms with E-state index in [1.54, 1.807) is 13.2 Å². The Morgan fingerprint density at radius 3 is 2.28 bits per heavy atom. The van der Waals surface area contributed by atoms with Gasteiger partial charge in [0.15, 0.2) is 0 Å². The molecule has 0 aliphatic rings. The first kappa shape index (κ1) is 15.7. The van der Waals surface area contributed by atoms with Gasteiger partial charge in [0, 0.05) is 7.11 Å². The van der Waals surface area contributed by atoms with Gasteiger partial charge in [-0.2, -0.15) is 0 Å². The zero-order chi connectivity index (χ0) is 13.8. The molecule has 0 bridgehead atoms. The minimum absolute atomic E-state index is 0.132. The number of nitrogens with one attached hydrogen (secondary N) is 1. The number of benzene rings is 1. The molecule has 0 aromatic heterocycles. The second-order valence-corrected chi connectivity index (χ2v) is 5.06. The van der Waals surface area contributed by atoms with Gasteiger partial charge in [0.2, 0.25) is 0 Å². The van der Waals surface area contributed by atoms with E-state index in [0.717, 1.165) is 18.4 Å².